The van der Waals surface area contributed by atoms with Crippen LogP contribution in [0.4, 0.5) is 0 Å². The quantitative estimate of drug-likeness (QED) is 0.363. The molecule has 1 rings (SSSR count). The molecule has 0 saturated heterocycles. The van der Waals surface area contributed by atoms with E-state index in [9.17, 15) is 0 Å². The fourth-order valence-corrected chi connectivity index (χ4v) is 9.24. The van der Waals surface area contributed by atoms with Crippen molar-refractivity contribution in [1.82, 2.24) is 0 Å². The Morgan fingerprint density at radius 2 is 1.46 bits per heavy atom. The minimum Gasteiger partial charge on any atom is -0.412 e. The van der Waals surface area contributed by atoms with E-state index in [2.05, 4.69) is 66.7 Å². The first-order valence-electron chi connectivity index (χ1n) is 9.24. The van der Waals surface area contributed by atoms with Crippen LogP contribution in [0.1, 0.15) is 54.0 Å². The van der Waals surface area contributed by atoms with Gasteiger partial charge in [0.2, 0.25) is 8.32 Å². The number of allylic oxidation sites excluding steroid dienone is 1. The molecule has 0 unspecified atom stereocenters. The first kappa shape index (κ1) is 21.1. The normalized spacial score (nSPS) is 13.3. The van der Waals surface area contributed by atoms with Crippen molar-refractivity contribution >= 4 is 8.32 Å². The second-order valence-corrected chi connectivity index (χ2v) is 13.0. The maximum absolute atomic E-state index is 6.66. The van der Waals surface area contributed by atoms with Gasteiger partial charge in [-0.15, -0.1) is 0 Å². The number of rotatable bonds is 10. The molecule has 136 valence electrons. The predicted molar refractivity (Wildman–Crippen MR) is 107 cm³/mol. The average Bonchev–Trinajstić information content (AvgIpc) is 2.53. The molecule has 1 aromatic rings. The second-order valence-electron chi connectivity index (χ2n) is 7.53. The van der Waals surface area contributed by atoms with Crippen molar-refractivity contribution in [2.75, 3.05) is 13.2 Å². The fourth-order valence-electron chi connectivity index (χ4n) is 3.80. The molecule has 3 heteroatoms. The lowest BCUT2D eigenvalue weighted by atomic mass is 10.2. The summed E-state index contributed by atoms with van der Waals surface area (Å²) < 4.78 is 12.5. The molecule has 0 heterocycles. The van der Waals surface area contributed by atoms with Crippen LogP contribution in [-0.4, -0.2) is 21.5 Å². The van der Waals surface area contributed by atoms with Crippen molar-refractivity contribution in [2.24, 2.45) is 0 Å². The Labute approximate surface area is 150 Å². The van der Waals surface area contributed by atoms with Gasteiger partial charge < -0.3 is 9.16 Å². The summed E-state index contributed by atoms with van der Waals surface area (Å²) in [4.78, 5) is 0. The molecule has 0 aliphatic heterocycles. The van der Waals surface area contributed by atoms with E-state index in [0.717, 1.165) is 0 Å². The first-order valence-corrected chi connectivity index (χ1v) is 11.4. The molecule has 0 atom stereocenters. The van der Waals surface area contributed by atoms with Gasteiger partial charge in [0.15, 0.2) is 0 Å². The van der Waals surface area contributed by atoms with Gasteiger partial charge in [-0.2, -0.15) is 0 Å². The number of hydrogen-bond donors (Lipinski definition) is 0. The van der Waals surface area contributed by atoms with Gasteiger partial charge in [-0.05, 0) is 34.7 Å². The van der Waals surface area contributed by atoms with Crippen molar-refractivity contribution in [1.29, 1.82) is 0 Å². The molecule has 0 aliphatic rings. The molecule has 0 radical (unpaired) electrons. The molecular weight excluding hydrogens is 312 g/mol. The summed E-state index contributed by atoms with van der Waals surface area (Å²) in [6.07, 6.45) is 2.14. The lowest BCUT2D eigenvalue weighted by Crippen LogP contribution is -2.48. The summed E-state index contributed by atoms with van der Waals surface area (Å²) in [5.41, 5.74) is 4.29. The third kappa shape index (κ3) is 5.57. The van der Waals surface area contributed by atoms with Crippen LogP contribution in [0.2, 0.25) is 16.6 Å². The van der Waals surface area contributed by atoms with Crippen molar-refractivity contribution in [3.63, 3.8) is 0 Å². The van der Waals surface area contributed by atoms with Gasteiger partial charge in [-0.3, -0.25) is 0 Å². The lowest BCUT2D eigenvalue weighted by molar-refractivity contribution is 0.134. The molecular formula is C21H36O2Si. The lowest BCUT2D eigenvalue weighted by Gasteiger charge is -2.42. The molecule has 0 fully saturated rings. The number of benzene rings is 1. The van der Waals surface area contributed by atoms with Gasteiger partial charge in [0, 0.05) is 0 Å². The molecule has 0 aromatic heterocycles. The average molecular weight is 349 g/mol. The van der Waals surface area contributed by atoms with Crippen molar-refractivity contribution in [3.8, 4) is 0 Å². The van der Waals surface area contributed by atoms with Gasteiger partial charge in [-0.25, -0.2) is 0 Å². The van der Waals surface area contributed by atoms with E-state index in [1.54, 1.807) is 0 Å². The molecule has 0 N–H and O–H groups in total. The molecule has 0 spiro atoms. The van der Waals surface area contributed by atoms with Gasteiger partial charge >= 0.3 is 0 Å². The third-order valence-electron chi connectivity index (χ3n) is 5.02. The minimum atomic E-state index is -1.81. The van der Waals surface area contributed by atoms with E-state index in [0.29, 0.717) is 36.4 Å². The van der Waals surface area contributed by atoms with E-state index in [1.807, 2.05) is 18.2 Å². The SMILES string of the molecule is C/C=C(\COCc1ccccc1)CO[Si](C(C)C)(C(C)C)C(C)C. The topological polar surface area (TPSA) is 18.5 Å². The highest BCUT2D eigenvalue weighted by Crippen LogP contribution is 2.42. The highest BCUT2D eigenvalue weighted by atomic mass is 28.4. The van der Waals surface area contributed by atoms with Crippen LogP contribution in [0, 0.1) is 0 Å². The third-order valence-corrected chi connectivity index (χ3v) is 11.1. The zero-order chi connectivity index (χ0) is 18.2. The largest absolute Gasteiger partial charge is 0.412 e. The molecule has 0 aliphatic carbocycles. The molecule has 1 aromatic carbocycles. The van der Waals surface area contributed by atoms with Crippen LogP contribution in [0.25, 0.3) is 0 Å². The summed E-state index contributed by atoms with van der Waals surface area (Å²) in [6.45, 7) is 18.0. The van der Waals surface area contributed by atoms with E-state index >= 15 is 0 Å². The Hall–Kier alpha value is -0.903. The number of ether oxygens (including phenoxy) is 1. The summed E-state index contributed by atoms with van der Waals surface area (Å²) in [6, 6.07) is 10.3. The van der Waals surface area contributed by atoms with E-state index in [4.69, 9.17) is 9.16 Å². The van der Waals surface area contributed by atoms with Gasteiger partial charge in [-0.1, -0.05) is 78.0 Å². The first-order chi connectivity index (χ1) is 11.3. The summed E-state index contributed by atoms with van der Waals surface area (Å²) in [5, 5.41) is 0. The molecule has 2 nitrogen and oxygen atoms in total. The zero-order valence-electron chi connectivity index (χ0n) is 16.6. The van der Waals surface area contributed by atoms with Crippen LogP contribution in [0.5, 0.6) is 0 Å². The van der Waals surface area contributed by atoms with Crippen LogP contribution >= 0.6 is 0 Å². The summed E-state index contributed by atoms with van der Waals surface area (Å²) in [7, 11) is -1.81. The summed E-state index contributed by atoms with van der Waals surface area (Å²) in [5.74, 6) is 0. The monoisotopic (exact) mass is 348 g/mol. The van der Waals surface area contributed by atoms with Gasteiger partial charge in [0.05, 0.1) is 19.8 Å². The molecule has 0 amide bonds. The van der Waals surface area contributed by atoms with Crippen LogP contribution in [-0.2, 0) is 15.8 Å². The Morgan fingerprint density at radius 1 is 0.917 bits per heavy atom. The van der Waals surface area contributed by atoms with E-state index < -0.39 is 8.32 Å². The van der Waals surface area contributed by atoms with E-state index in [1.165, 1.54) is 11.1 Å². The Balaban J connectivity index is 2.61. The Morgan fingerprint density at radius 3 is 1.92 bits per heavy atom. The molecule has 0 saturated carbocycles. The fraction of sp³-hybridized carbons (Fsp3) is 0.619. The molecule has 24 heavy (non-hydrogen) atoms. The predicted octanol–water partition coefficient (Wildman–Crippen LogP) is 6.34. The maximum atomic E-state index is 6.66. The Bertz CT molecular complexity index is 470. The van der Waals surface area contributed by atoms with Crippen LogP contribution in [0.3, 0.4) is 0 Å². The Kier molecular flexibility index (Phi) is 8.96. The van der Waals surface area contributed by atoms with Crippen LogP contribution in [0.15, 0.2) is 42.0 Å². The second kappa shape index (κ2) is 10.2. The highest BCUT2D eigenvalue weighted by Gasteiger charge is 2.44. The smallest absolute Gasteiger partial charge is 0.200 e. The van der Waals surface area contributed by atoms with Crippen molar-refractivity contribution < 1.29 is 9.16 Å². The van der Waals surface area contributed by atoms with Crippen LogP contribution < -0.4 is 0 Å². The van der Waals surface area contributed by atoms with Crippen molar-refractivity contribution in [2.45, 2.75) is 71.7 Å². The highest BCUT2D eigenvalue weighted by molar-refractivity contribution is 6.77. The van der Waals surface area contributed by atoms with E-state index in [-0.39, 0.29) is 0 Å². The zero-order valence-corrected chi connectivity index (χ0v) is 17.6. The van der Waals surface area contributed by atoms with Gasteiger partial charge in [0.1, 0.15) is 0 Å². The number of hydrogen-bond acceptors (Lipinski definition) is 2. The summed E-state index contributed by atoms with van der Waals surface area (Å²) >= 11 is 0. The maximum Gasteiger partial charge on any atom is 0.200 e. The standard InChI is InChI=1S/C21H36O2Si/c1-8-20(14-22-15-21-12-10-9-11-13-21)16-23-24(17(2)3,18(4)5)19(6)7/h8-13,17-19H,14-16H2,1-7H3/b20-8+. The minimum absolute atomic E-state index is 0.612. The van der Waals surface area contributed by atoms with Gasteiger partial charge in [0.25, 0.3) is 0 Å². The van der Waals surface area contributed by atoms with Crippen molar-refractivity contribution in [3.05, 3.63) is 47.5 Å². The molecule has 0 bridgehead atoms.